The van der Waals surface area contributed by atoms with Gasteiger partial charge in [0.15, 0.2) is 17.5 Å². The number of benzene rings is 8. The van der Waals surface area contributed by atoms with Crippen LogP contribution in [-0.4, -0.2) is 54.2 Å². The zero-order valence-corrected chi connectivity index (χ0v) is 34.7. The number of para-hydroxylation sites is 3. The van der Waals surface area contributed by atoms with Crippen molar-refractivity contribution in [2.75, 3.05) is 0 Å². The first-order valence-electron chi connectivity index (χ1n) is 20.8. The van der Waals surface area contributed by atoms with Crippen molar-refractivity contribution in [1.82, 2.24) is 15.0 Å². The van der Waals surface area contributed by atoms with E-state index in [2.05, 4.69) is 130 Å². The molecule has 0 radical (unpaired) electrons. The van der Waals surface area contributed by atoms with Crippen LogP contribution in [-0.2, 0) is 0 Å². The Balaban J connectivity index is 0.955. The highest BCUT2D eigenvalue weighted by atomic mass is 16.3. The number of fused-ring (bicyclic) bond motifs is 6. The molecule has 0 aliphatic carbocycles. The highest BCUT2D eigenvalue weighted by molar-refractivity contribution is 6.68. The molecule has 11 rings (SSSR count). The molecule has 3 aromatic heterocycles. The minimum atomic E-state index is 0.543. The highest BCUT2D eigenvalue weighted by Crippen LogP contribution is 2.39. The molecule has 282 valence electrons. The van der Waals surface area contributed by atoms with E-state index in [0.29, 0.717) is 17.5 Å². The van der Waals surface area contributed by atoms with E-state index in [1.54, 1.807) is 0 Å². The molecule has 3 heterocycles. The Morgan fingerprint density at radius 3 is 1.48 bits per heavy atom. The van der Waals surface area contributed by atoms with Crippen LogP contribution in [0.4, 0.5) is 0 Å². The van der Waals surface area contributed by atoms with Gasteiger partial charge in [0.2, 0.25) is 0 Å². The van der Waals surface area contributed by atoms with Gasteiger partial charge in [-0.3, -0.25) is 0 Å². The molecule has 0 amide bonds. The third kappa shape index (κ3) is 6.12. The topological polar surface area (TPSA) is 65.0 Å². The predicted octanol–water partition coefficient (Wildman–Crippen LogP) is 4.96. The summed E-state index contributed by atoms with van der Waals surface area (Å²) in [5, 5.41) is 4.17. The fraction of sp³-hybridized carbons (Fsp3) is 0. The largest absolute Gasteiger partial charge is 0.455 e. The van der Waals surface area contributed by atoms with Gasteiger partial charge in [0.1, 0.15) is 61.6 Å². The van der Waals surface area contributed by atoms with E-state index >= 15 is 0 Å². The maximum atomic E-state index is 6.75. The fourth-order valence-electron chi connectivity index (χ4n) is 9.03. The third-order valence-electron chi connectivity index (χ3n) is 12.8. The average molecular weight is 777 g/mol. The number of hydrogen-bond donors (Lipinski definition) is 0. The van der Waals surface area contributed by atoms with Gasteiger partial charge >= 0.3 is 0 Å². The summed E-state index contributed by atoms with van der Waals surface area (Å²) in [4.78, 5) is 15.1. The molecule has 0 unspecified atom stereocenters. The summed E-state index contributed by atoms with van der Waals surface area (Å²) in [6.45, 7) is 0. The Labute approximate surface area is 358 Å². The molecule has 0 atom stereocenters. The molecule has 0 spiro atoms. The Kier molecular flexibility index (Phi) is 8.71. The number of rotatable bonds is 6. The summed E-state index contributed by atoms with van der Waals surface area (Å²) in [6, 6.07) is 54.6. The van der Waals surface area contributed by atoms with E-state index in [1.165, 1.54) is 49.6 Å². The first kappa shape index (κ1) is 36.8. The quantitative estimate of drug-likeness (QED) is 0.224. The van der Waals surface area contributed by atoms with Crippen molar-refractivity contribution in [3.05, 3.63) is 158 Å². The molecule has 0 N–H and O–H groups in total. The second kappa shape index (κ2) is 14.5. The smallest absolute Gasteiger partial charge is 0.167 e. The Morgan fingerprint density at radius 1 is 0.311 bits per heavy atom. The molecular formula is C51H36B5N3O2. The summed E-state index contributed by atoms with van der Waals surface area (Å²) >= 11 is 0. The Morgan fingerprint density at radius 2 is 0.787 bits per heavy atom. The number of aromatic nitrogens is 3. The van der Waals surface area contributed by atoms with Gasteiger partial charge in [-0.1, -0.05) is 144 Å². The minimum absolute atomic E-state index is 0.543. The van der Waals surface area contributed by atoms with Gasteiger partial charge in [0, 0.05) is 38.2 Å². The van der Waals surface area contributed by atoms with Crippen LogP contribution >= 0.6 is 0 Å². The second-order valence-corrected chi connectivity index (χ2v) is 16.1. The first-order chi connectivity index (χ1) is 29.8. The lowest BCUT2D eigenvalue weighted by molar-refractivity contribution is 0.669. The van der Waals surface area contributed by atoms with Crippen molar-refractivity contribution in [3.8, 4) is 67.5 Å². The van der Waals surface area contributed by atoms with E-state index in [1.807, 2.05) is 66.7 Å². The fourth-order valence-corrected chi connectivity index (χ4v) is 9.03. The number of furan rings is 2. The number of hydrogen-bond acceptors (Lipinski definition) is 5. The van der Waals surface area contributed by atoms with Crippen LogP contribution in [0, 0.1) is 0 Å². The summed E-state index contributed by atoms with van der Waals surface area (Å²) < 4.78 is 13.2. The Hall–Kier alpha value is -7.31. The van der Waals surface area contributed by atoms with Crippen LogP contribution in [0.25, 0.3) is 111 Å². The maximum Gasteiger partial charge on any atom is 0.167 e. The lowest BCUT2D eigenvalue weighted by Gasteiger charge is -2.20. The van der Waals surface area contributed by atoms with Gasteiger partial charge in [-0.2, -0.15) is 0 Å². The molecule has 61 heavy (non-hydrogen) atoms. The lowest BCUT2D eigenvalue weighted by Crippen LogP contribution is -2.55. The van der Waals surface area contributed by atoms with E-state index in [-0.39, 0.29) is 0 Å². The highest BCUT2D eigenvalue weighted by Gasteiger charge is 2.20. The van der Waals surface area contributed by atoms with Gasteiger partial charge in [-0.15, -0.1) is 16.4 Å². The summed E-state index contributed by atoms with van der Waals surface area (Å²) in [6.07, 6.45) is 0. The normalized spacial score (nSPS) is 11.6. The molecule has 0 fully saturated rings. The van der Waals surface area contributed by atoms with Crippen molar-refractivity contribution in [2.45, 2.75) is 0 Å². The van der Waals surface area contributed by atoms with Crippen molar-refractivity contribution < 1.29 is 8.83 Å². The monoisotopic (exact) mass is 777 g/mol. The van der Waals surface area contributed by atoms with Crippen molar-refractivity contribution in [2.24, 2.45) is 0 Å². The molecular weight excluding hydrogens is 741 g/mol. The molecule has 10 heteroatoms. The second-order valence-electron chi connectivity index (χ2n) is 16.1. The lowest BCUT2D eigenvalue weighted by atomic mass is 9.59. The zero-order valence-electron chi connectivity index (χ0n) is 34.7. The van der Waals surface area contributed by atoms with Gasteiger partial charge in [-0.05, 0) is 52.1 Å². The predicted molar refractivity (Wildman–Crippen MR) is 268 cm³/mol. The van der Waals surface area contributed by atoms with Crippen LogP contribution in [0.1, 0.15) is 0 Å². The summed E-state index contributed by atoms with van der Waals surface area (Å²) in [5.74, 6) is 1.68. The van der Waals surface area contributed by atoms with E-state index < -0.39 is 0 Å². The minimum Gasteiger partial charge on any atom is -0.455 e. The van der Waals surface area contributed by atoms with Crippen LogP contribution < -0.4 is 27.3 Å². The van der Waals surface area contributed by atoms with Gasteiger partial charge < -0.3 is 8.83 Å². The van der Waals surface area contributed by atoms with E-state index in [0.717, 1.165) is 71.7 Å². The molecule has 0 bridgehead atoms. The Bertz CT molecular complexity index is 3500. The molecule has 11 aromatic rings. The van der Waals surface area contributed by atoms with Crippen molar-refractivity contribution in [1.29, 1.82) is 0 Å². The molecule has 0 saturated heterocycles. The van der Waals surface area contributed by atoms with Crippen LogP contribution in [0.5, 0.6) is 0 Å². The molecule has 5 nitrogen and oxygen atoms in total. The standard InChI is InChI=1S/C51H36B5N3O2/c52-42-41(43(53)45(55)46(56)44(42)54)30-22-18-28(19-23-30)27-16-20-29(21-17-27)33-11-6-12-37-35-25-24-32(26-40(35)61-47(33)37)50-57-49(31-8-2-1-3-9-31)58-51(59-50)38-14-7-13-36-34-10-4-5-15-39(34)60-48(36)38/h1-26H,52-56H2. The van der Waals surface area contributed by atoms with Gasteiger partial charge in [0.05, 0.1) is 5.56 Å². The van der Waals surface area contributed by atoms with Crippen molar-refractivity contribution in [3.63, 3.8) is 0 Å². The maximum absolute atomic E-state index is 6.75. The number of nitrogens with zero attached hydrogens (tertiary/aromatic N) is 3. The van der Waals surface area contributed by atoms with E-state index in [9.17, 15) is 0 Å². The third-order valence-corrected chi connectivity index (χ3v) is 12.8. The molecule has 0 saturated carbocycles. The van der Waals surface area contributed by atoms with Gasteiger partial charge in [0.25, 0.3) is 0 Å². The molecule has 8 aromatic carbocycles. The van der Waals surface area contributed by atoms with Gasteiger partial charge in [-0.25, -0.2) is 15.0 Å². The summed E-state index contributed by atoms with van der Waals surface area (Å²) in [7, 11) is 11.2. The van der Waals surface area contributed by atoms with Crippen LogP contribution in [0.15, 0.2) is 167 Å². The molecule has 0 aliphatic rings. The van der Waals surface area contributed by atoms with Crippen LogP contribution in [0.3, 0.4) is 0 Å². The van der Waals surface area contributed by atoms with Crippen molar-refractivity contribution >= 4 is 110 Å². The van der Waals surface area contributed by atoms with Crippen LogP contribution in [0.2, 0.25) is 0 Å². The summed E-state index contributed by atoms with van der Waals surface area (Å²) in [5.41, 5.74) is 19.7. The first-order valence-corrected chi connectivity index (χ1v) is 20.8. The average Bonchev–Trinajstić information content (AvgIpc) is 3.89. The molecule has 0 aliphatic heterocycles. The zero-order chi connectivity index (χ0) is 41.4. The SMILES string of the molecule is Bc1c(B)c(B)c(-c2ccc(-c3ccc(-c4cccc5c4oc4cc(-c6nc(-c7ccccc7)nc(-c7cccc8c7oc7ccccc78)n6)ccc45)cc3)cc2)c(B)c1B. The van der Waals surface area contributed by atoms with E-state index in [4.69, 9.17) is 23.8 Å².